The molecule has 17 heavy (non-hydrogen) atoms. The maximum Gasteiger partial charge on any atom is 0.161 e. The average Bonchev–Trinajstić information content (AvgIpc) is 2.27. The Kier molecular flexibility index (Phi) is 7.00. The fourth-order valence-electron chi connectivity index (χ4n) is 1.83. The van der Waals surface area contributed by atoms with Gasteiger partial charge in [0.25, 0.3) is 0 Å². The van der Waals surface area contributed by atoms with Gasteiger partial charge in [-0.15, -0.1) is 12.4 Å². The number of benzene rings is 1. The Morgan fingerprint density at radius 3 is 1.94 bits per heavy atom. The van der Waals surface area contributed by atoms with E-state index in [1.54, 1.807) is 14.2 Å². The highest BCUT2D eigenvalue weighted by Crippen LogP contribution is 2.31. The summed E-state index contributed by atoms with van der Waals surface area (Å²) in [7, 11) is 3.31. The molecule has 1 aromatic carbocycles. The Bertz CT molecular complexity index is 354. The van der Waals surface area contributed by atoms with E-state index < -0.39 is 0 Å². The van der Waals surface area contributed by atoms with Crippen LogP contribution in [0.3, 0.4) is 0 Å². The van der Waals surface area contributed by atoms with Crippen LogP contribution in [0.5, 0.6) is 11.5 Å². The first-order chi connectivity index (χ1) is 7.62. The second kappa shape index (κ2) is 7.41. The highest BCUT2D eigenvalue weighted by atomic mass is 35.5. The number of hydrogen-bond donors (Lipinski definition) is 1. The van der Waals surface area contributed by atoms with Crippen molar-refractivity contribution >= 4 is 12.4 Å². The summed E-state index contributed by atoms with van der Waals surface area (Å²) in [6.45, 7) is 4.14. The first-order valence-corrected chi connectivity index (χ1v) is 5.61. The summed E-state index contributed by atoms with van der Waals surface area (Å²) in [6.07, 6.45) is 1.84. The first kappa shape index (κ1) is 16.1. The van der Waals surface area contributed by atoms with Crippen LogP contribution in [-0.4, -0.2) is 20.3 Å². The minimum Gasteiger partial charge on any atom is -0.493 e. The van der Waals surface area contributed by atoms with Gasteiger partial charge in [0, 0.05) is 6.04 Å². The second-order valence-electron chi connectivity index (χ2n) is 4.01. The third-order valence-electron chi connectivity index (χ3n) is 2.63. The molecule has 0 aliphatic carbocycles. The molecule has 4 heteroatoms. The number of aryl methyl sites for hydroxylation is 1. The lowest BCUT2D eigenvalue weighted by Crippen LogP contribution is -2.18. The largest absolute Gasteiger partial charge is 0.493 e. The van der Waals surface area contributed by atoms with Crippen LogP contribution < -0.4 is 15.2 Å². The monoisotopic (exact) mass is 259 g/mol. The Labute approximate surface area is 110 Å². The van der Waals surface area contributed by atoms with E-state index in [1.807, 2.05) is 19.1 Å². The van der Waals surface area contributed by atoms with Gasteiger partial charge in [-0.25, -0.2) is 0 Å². The van der Waals surface area contributed by atoms with Crippen LogP contribution in [0.25, 0.3) is 0 Å². The van der Waals surface area contributed by atoms with Crippen molar-refractivity contribution in [3.05, 3.63) is 23.3 Å². The van der Waals surface area contributed by atoms with Gasteiger partial charge >= 0.3 is 0 Å². The van der Waals surface area contributed by atoms with Gasteiger partial charge in [0.15, 0.2) is 11.5 Å². The van der Waals surface area contributed by atoms with E-state index in [-0.39, 0.29) is 18.4 Å². The lowest BCUT2D eigenvalue weighted by Gasteiger charge is -2.15. The predicted molar refractivity (Wildman–Crippen MR) is 73.5 cm³/mol. The van der Waals surface area contributed by atoms with Crippen LogP contribution in [0.4, 0.5) is 0 Å². The SMILES string of the molecule is CCc1cc(OC)c(OC)cc1CC(C)N.Cl. The number of methoxy groups -OCH3 is 2. The lowest BCUT2D eigenvalue weighted by atomic mass is 9.98. The summed E-state index contributed by atoms with van der Waals surface area (Å²) in [5.74, 6) is 1.56. The molecule has 0 saturated carbocycles. The zero-order chi connectivity index (χ0) is 12.1. The summed E-state index contributed by atoms with van der Waals surface area (Å²) in [5.41, 5.74) is 8.36. The van der Waals surface area contributed by atoms with Crippen molar-refractivity contribution < 1.29 is 9.47 Å². The van der Waals surface area contributed by atoms with Crippen molar-refractivity contribution in [3.63, 3.8) is 0 Å². The maximum absolute atomic E-state index is 5.84. The maximum atomic E-state index is 5.84. The minimum atomic E-state index is 0. The molecule has 2 N–H and O–H groups in total. The molecule has 0 heterocycles. The van der Waals surface area contributed by atoms with Crippen molar-refractivity contribution in [3.8, 4) is 11.5 Å². The molecule has 0 spiro atoms. The lowest BCUT2D eigenvalue weighted by molar-refractivity contribution is 0.354. The van der Waals surface area contributed by atoms with E-state index in [4.69, 9.17) is 15.2 Å². The molecule has 1 aromatic rings. The standard InChI is InChI=1S/C13H21NO2.ClH/c1-5-10-7-12(15-3)13(16-4)8-11(10)6-9(2)14;/h7-9H,5-6,14H2,1-4H3;1H. The van der Waals surface area contributed by atoms with Gasteiger partial charge in [-0.1, -0.05) is 6.92 Å². The molecule has 0 fully saturated rings. The predicted octanol–water partition coefficient (Wildman–Crippen LogP) is 2.58. The molecular weight excluding hydrogens is 238 g/mol. The normalized spacial score (nSPS) is 11.6. The van der Waals surface area contributed by atoms with Crippen molar-refractivity contribution in [1.29, 1.82) is 0 Å². The highest BCUT2D eigenvalue weighted by Gasteiger charge is 2.11. The van der Waals surface area contributed by atoms with Crippen LogP contribution in [-0.2, 0) is 12.8 Å². The number of halogens is 1. The smallest absolute Gasteiger partial charge is 0.161 e. The van der Waals surface area contributed by atoms with Crippen LogP contribution in [0.15, 0.2) is 12.1 Å². The first-order valence-electron chi connectivity index (χ1n) is 5.61. The van der Waals surface area contributed by atoms with E-state index in [9.17, 15) is 0 Å². The number of ether oxygens (including phenoxy) is 2. The van der Waals surface area contributed by atoms with Gasteiger partial charge in [-0.05, 0) is 43.0 Å². The van der Waals surface area contributed by atoms with Crippen LogP contribution in [0.1, 0.15) is 25.0 Å². The van der Waals surface area contributed by atoms with Gasteiger partial charge in [0.1, 0.15) is 0 Å². The third-order valence-corrected chi connectivity index (χ3v) is 2.63. The molecule has 0 bridgehead atoms. The quantitative estimate of drug-likeness (QED) is 0.884. The Morgan fingerprint density at radius 2 is 1.59 bits per heavy atom. The molecule has 1 atom stereocenters. The fraction of sp³-hybridized carbons (Fsp3) is 0.538. The summed E-state index contributed by atoms with van der Waals surface area (Å²) >= 11 is 0. The van der Waals surface area contributed by atoms with Crippen LogP contribution in [0, 0.1) is 0 Å². The average molecular weight is 260 g/mol. The van der Waals surface area contributed by atoms with Crippen molar-refractivity contribution in [2.24, 2.45) is 5.73 Å². The van der Waals surface area contributed by atoms with Gasteiger partial charge in [-0.3, -0.25) is 0 Å². The molecule has 0 saturated heterocycles. The molecule has 0 aliphatic rings. The Hall–Kier alpha value is -0.930. The highest BCUT2D eigenvalue weighted by molar-refractivity contribution is 5.85. The molecule has 3 nitrogen and oxygen atoms in total. The summed E-state index contributed by atoms with van der Waals surface area (Å²) in [4.78, 5) is 0. The molecule has 1 rings (SSSR count). The molecule has 0 aliphatic heterocycles. The van der Waals surface area contributed by atoms with Gasteiger partial charge in [0.05, 0.1) is 14.2 Å². The summed E-state index contributed by atoms with van der Waals surface area (Å²) in [5, 5.41) is 0. The molecule has 0 radical (unpaired) electrons. The summed E-state index contributed by atoms with van der Waals surface area (Å²) in [6, 6.07) is 4.22. The Balaban J connectivity index is 0.00000256. The summed E-state index contributed by atoms with van der Waals surface area (Å²) < 4.78 is 10.6. The molecule has 1 unspecified atom stereocenters. The second-order valence-corrected chi connectivity index (χ2v) is 4.01. The van der Waals surface area contributed by atoms with E-state index >= 15 is 0 Å². The number of hydrogen-bond acceptors (Lipinski definition) is 3. The Morgan fingerprint density at radius 1 is 1.12 bits per heavy atom. The fourth-order valence-corrected chi connectivity index (χ4v) is 1.83. The zero-order valence-corrected chi connectivity index (χ0v) is 11.8. The zero-order valence-electron chi connectivity index (χ0n) is 10.9. The topological polar surface area (TPSA) is 44.5 Å². The van der Waals surface area contributed by atoms with Gasteiger partial charge < -0.3 is 15.2 Å². The number of rotatable bonds is 5. The number of nitrogens with two attached hydrogens (primary N) is 1. The van der Waals surface area contributed by atoms with E-state index in [2.05, 4.69) is 6.92 Å². The van der Waals surface area contributed by atoms with Gasteiger partial charge in [-0.2, -0.15) is 0 Å². The van der Waals surface area contributed by atoms with Crippen molar-refractivity contribution in [2.45, 2.75) is 32.7 Å². The van der Waals surface area contributed by atoms with E-state index in [0.29, 0.717) is 0 Å². The van der Waals surface area contributed by atoms with E-state index in [1.165, 1.54) is 11.1 Å². The third kappa shape index (κ3) is 4.10. The van der Waals surface area contributed by atoms with Crippen molar-refractivity contribution in [1.82, 2.24) is 0 Å². The van der Waals surface area contributed by atoms with E-state index in [0.717, 1.165) is 24.3 Å². The molecular formula is C13H22ClNO2. The van der Waals surface area contributed by atoms with Crippen molar-refractivity contribution in [2.75, 3.05) is 14.2 Å². The van der Waals surface area contributed by atoms with Crippen LogP contribution >= 0.6 is 12.4 Å². The minimum absolute atomic E-state index is 0. The van der Waals surface area contributed by atoms with Crippen LogP contribution in [0.2, 0.25) is 0 Å². The molecule has 0 aromatic heterocycles. The van der Waals surface area contributed by atoms with Gasteiger partial charge in [0.2, 0.25) is 0 Å². The molecule has 0 amide bonds. The molecule has 98 valence electrons.